The van der Waals surface area contributed by atoms with Crippen molar-refractivity contribution >= 4 is 6.09 Å². The van der Waals surface area contributed by atoms with E-state index in [-0.39, 0.29) is 0 Å². The molecule has 1 fully saturated rings. The highest BCUT2D eigenvalue weighted by Gasteiger charge is 2.17. The van der Waals surface area contributed by atoms with Crippen LogP contribution in [0.25, 0.3) is 0 Å². The maximum absolute atomic E-state index is 11.2. The van der Waals surface area contributed by atoms with E-state index in [1.54, 1.807) is 0 Å². The van der Waals surface area contributed by atoms with E-state index >= 15 is 0 Å². The van der Waals surface area contributed by atoms with Crippen molar-refractivity contribution in [1.82, 2.24) is 16.2 Å². The molecular weight excluding hydrogens is 194 g/mol. The fourth-order valence-corrected chi connectivity index (χ4v) is 1.46. The minimum absolute atomic E-state index is 0.423. The lowest BCUT2D eigenvalue weighted by molar-refractivity contribution is 0.0495. The zero-order valence-corrected chi connectivity index (χ0v) is 9.72. The summed E-state index contributed by atoms with van der Waals surface area (Å²) in [5.41, 5.74) is 4.97. The number of hydrogen-bond acceptors (Lipinski definition) is 4. The summed E-state index contributed by atoms with van der Waals surface area (Å²) >= 11 is 0. The number of nitrogens with one attached hydrogen (secondary N) is 3. The van der Waals surface area contributed by atoms with Crippen molar-refractivity contribution < 1.29 is 9.53 Å². The molecule has 0 bridgehead atoms. The highest BCUT2D eigenvalue weighted by Crippen LogP contribution is 2.06. The number of carbonyl (C=O) groups is 1. The Balaban J connectivity index is 2.06. The van der Waals surface area contributed by atoms with Gasteiger partial charge in [-0.15, -0.1) is 0 Å². The van der Waals surface area contributed by atoms with Crippen LogP contribution in [0.2, 0.25) is 0 Å². The van der Waals surface area contributed by atoms with Crippen molar-refractivity contribution in [2.24, 2.45) is 5.92 Å². The van der Waals surface area contributed by atoms with Gasteiger partial charge in [0, 0.05) is 6.54 Å². The summed E-state index contributed by atoms with van der Waals surface area (Å²) < 4.78 is 5.07. The summed E-state index contributed by atoms with van der Waals surface area (Å²) in [5.74, 6) is 0.597. The first-order chi connectivity index (χ1) is 6.97. The standard InChI is InChI=1S/C10H21N3O2/c1-10(2,3)15-9(14)13-12-7-8-4-5-11-6-8/h8,11-12H,4-7H2,1-3H3,(H,13,14)/t8-/m1/s1. The molecule has 1 heterocycles. The molecule has 0 radical (unpaired) electrons. The fraction of sp³-hybridized carbons (Fsp3) is 0.900. The minimum atomic E-state index is -0.444. The molecule has 0 aromatic carbocycles. The molecule has 1 aliphatic heterocycles. The maximum atomic E-state index is 11.2. The molecule has 1 amide bonds. The minimum Gasteiger partial charge on any atom is -0.443 e. The first-order valence-electron chi connectivity index (χ1n) is 5.40. The van der Waals surface area contributed by atoms with E-state index in [4.69, 9.17) is 4.74 Å². The van der Waals surface area contributed by atoms with Crippen LogP contribution in [0.3, 0.4) is 0 Å². The lowest BCUT2D eigenvalue weighted by atomic mass is 10.1. The molecular formula is C10H21N3O2. The van der Waals surface area contributed by atoms with E-state index in [9.17, 15) is 4.79 Å². The molecule has 1 rings (SSSR count). The van der Waals surface area contributed by atoms with E-state index in [1.807, 2.05) is 20.8 Å². The van der Waals surface area contributed by atoms with Gasteiger partial charge in [-0.3, -0.25) is 5.43 Å². The van der Waals surface area contributed by atoms with Crippen LogP contribution in [0.1, 0.15) is 27.2 Å². The third-order valence-corrected chi connectivity index (χ3v) is 2.14. The Kier molecular flexibility index (Phi) is 4.35. The average Bonchev–Trinajstić information content (AvgIpc) is 2.53. The SMILES string of the molecule is CC(C)(C)OC(=O)NNC[C@@H]1CCNC1. The smallest absolute Gasteiger partial charge is 0.422 e. The Bertz CT molecular complexity index is 207. The summed E-state index contributed by atoms with van der Waals surface area (Å²) in [5, 5.41) is 3.26. The number of ether oxygens (including phenoxy) is 1. The number of hydrogen-bond donors (Lipinski definition) is 3. The quantitative estimate of drug-likeness (QED) is 0.604. The lowest BCUT2D eigenvalue weighted by Gasteiger charge is -2.20. The molecule has 5 heteroatoms. The normalized spacial score (nSPS) is 21.4. The summed E-state index contributed by atoms with van der Waals surface area (Å²) in [6.45, 7) is 8.39. The Morgan fingerprint density at radius 1 is 1.53 bits per heavy atom. The second-order valence-electron chi connectivity index (χ2n) is 4.87. The van der Waals surface area contributed by atoms with Crippen LogP contribution in [0.15, 0.2) is 0 Å². The molecule has 0 aliphatic carbocycles. The largest absolute Gasteiger partial charge is 0.443 e. The van der Waals surface area contributed by atoms with Gasteiger partial charge in [0.25, 0.3) is 0 Å². The molecule has 88 valence electrons. The number of amides is 1. The Morgan fingerprint density at radius 2 is 2.27 bits per heavy atom. The van der Waals surface area contributed by atoms with Gasteiger partial charge >= 0.3 is 6.09 Å². The third kappa shape index (κ3) is 5.59. The van der Waals surface area contributed by atoms with Gasteiger partial charge in [-0.25, -0.2) is 10.2 Å². The van der Waals surface area contributed by atoms with Gasteiger partial charge in [0.05, 0.1) is 0 Å². The predicted molar refractivity (Wildman–Crippen MR) is 58.3 cm³/mol. The maximum Gasteiger partial charge on any atom is 0.422 e. The first-order valence-corrected chi connectivity index (χ1v) is 5.40. The number of hydrazine groups is 1. The van der Waals surface area contributed by atoms with E-state index in [0.29, 0.717) is 5.92 Å². The topological polar surface area (TPSA) is 62.4 Å². The molecule has 1 aliphatic rings. The molecule has 15 heavy (non-hydrogen) atoms. The van der Waals surface area contributed by atoms with E-state index in [2.05, 4.69) is 16.2 Å². The second-order valence-corrected chi connectivity index (χ2v) is 4.87. The van der Waals surface area contributed by atoms with Crippen LogP contribution in [0.5, 0.6) is 0 Å². The predicted octanol–water partition coefficient (Wildman–Crippen LogP) is 0.625. The van der Waals surface area contributed by atoms with Gasteiger partial charge < -0.3 is 10.1 Å². The zero-order chi connectivity index (χ0) is 11.3. The summed E-state index contributed by atoms with van der Waals surface area (Å²) in [7, 11) is 0. The van der Waals surface area contributed by atoms with Crippen LogP contribution in [-0.4, -0.2) is 31.3 Å². The zero-order valence-electron chi connectivity index (χ0n) is 9.72. The van der Waals surface area contributed by atoms with Crippen molar-refractivity contribution in [3.63, 3.8) is 0 Å². The number of rotatable bonds is 3. The fourth-order valence-electron chi connectivity index (χ4n) is 1.46. The Morgan fingerprint density at radius 3 is 2.80 bits per heavy atom. The summed E-state index contributed by atoms with van der Waals surface area (Å²) in [6, 6.07) is 0. The molecule has 1 saturated heterocycles. The van der Waals surface area contributed by atoms with E-state index < -0.39 is 11.7 Å². The van der Waals surface area contributed by atoms with E-state index in [1.165, 1.54) is 0 Å². The summed E-state index contributed by atoms with van der Waals surface area (Å²) in [4.78, 5) is 11.2. The molecule has 5 nitrogen and oxygen atoms in total. The average molecular weight is 215 g/mol. The van der Waals surface area contributed by atoms with Gasteiger partial charge in [0.1, 0.15) is 5.60 Å². The van der Waals surface area contributed by atoms with Crippen LogP contribution in [0, 0.1) is 5.92 Å². The Labute approximate surface area is 90.9 Å². The molecule has 1 atom stereocenters. The van der Waals surface area contributed by atoms with Crippen molar-refractivity contribution in [1.29, 1.82) is 0 Å². The van der Waals surface area contributed by atoms with Gasteiger partial charge in [-0.1, -0.05) is 0 Å². The van der Waals surface area contributed by atoms with Crippen molar-refractivity contribution in [3.05, 3.63) is 0 Å². The third-order valence-electron chi connectivity index (χ3n) is 2.14. The van der Waals surface area contributed by atoms with Gasteiger partial charge in [-0.2, -0.15) is 0 Å². The van der Waals surface area contributed by atoms with Gasteiger partial charge in [0.15, 0.2) is 0 Å². The monoisotopic (exact) mass is 215 g/mol. The molecule has 0 aromatic heterocycles. The van der Waals surface area contributed by atoms with Crippen molar-refractivity contribution in [3.8, 4) is 0 Å². The second kappa shape index (κ2) is 5.32. The highest BCUT2D eigenvalue weighted by atomic mass is 16.6. The van der Waals surface area contributed by atoms with Crippen LogP contribution >= 0.6 is 0 Å². The first kappa shape index (κ1) is 12.3. The van der Waals surface area contributed by atoms with Crippen molar-refractivity contribution in [2.45, 2.75) is 32.8 Å². The lowest BCUT2D eigenvalue weighted by Crippen LogP contribution is -2.43. The molecule has 0 spiro atoms. The number of carbonyl (C=O) groups excluding carboxylic acids is 1. The van der Waals surface area contributed by atoms with Crippen LogP contribution in [-0.2, 0) is 4.74 Å². The Hall–Kier alpha value is -0.810. The van der Waals surface area contributed by atoms with E-state index in [0.717, 1.165) is 26.1 Å². The molecule has 0 unspecified atom stereocenters. The van der Waals surface area contributed by atoms with Crippen LogP contribution in [0.4, 0.5) is 4.79 Å². The van der Waals surface area contributed by atoms with Gasteiger partial charge in [0.2, 0.25) is 0 Å². The summed E-state index contributed by atoms with van der Waals surface area (Å²) in [6.07, 6.45) is 0.733. The molecule has 3 N–H and O–H groups in total. The van der Waals surface area contributed by atoms with Gasteiger partial charge in [-0.05, 0) is 46.2 Å². The van der Waals surface area contributed by atoms with Crippen LogP contribution < -0.4 is 16.2 Å². The highest BCUT2D eigenvalue weighted by molar-refractivity contribution is 5.66. The van der Waals surface area contributed by atoms with Crippen molar-refractivity contribution in [2.75, 3.05) is 19.6 Å². The molecule has 0 saturated carbocycles. The molecule has 0 aromatic rings.